The summed E-state index contributed by atoms with van der Waals surface area (Å²) in [4.78, 5) is 0. The van der Waals surface area contributed by atoms with E-state index in [0.717, 1.165) is 0 Å². The molecule has 0 saturated heterocycles. The van der Waals surface area contributed by atoms with Crippen LogP contribution >= 0.6 is 0 Å². The van der Waals surface area contributed by atoms with Gasteiger partial charge in [0.2, 0.25) is 0 Å². The first-order valence-electron chi connectivity index (χ1n) is 4.13. The maximum atomic E-state index is 12.2. The molecule has 0 aromatic heterocycles. The van der Waals surface area contributed by atoms with Crippen LogP contribution in [0.5, 0.6) is 0 Å². The van der Waals surface area contributed by atoms with Crippen LogP contribution in [0.1, 0.15) is 25.7 Å². The Morgan fingerprint density at radius 3 is 1.92 bits per heavy atom. The van der Waals surface area contributed by atoms with Crippen molar-refractivity contribution < 1.29 is 12.9 Å². The summed E-state index contributed by atoms with van der Waals surface area (Å²) in [6.45, 7) is -4.66. The van der Waals surface area contributed by atoms with E-state index in [4.69, 9.17) is 5.26 Å². The standard InChI is InChI=1S/C7H10BF3N/c9-8(10,11)7-3-1-6(5-12)2-4-7/h6-7H,1-4H2/q-1. The third kappa shape index (κ3) is 2.16. The molecule has 1 nitrogen and oxygen atoms in total. The van der Waals surface area contributed by atoms with E-state index in [1.54, 1.807) is 0 Å². The molecule has 68 valence electrons. The molecule has 1 rings (SSSR count). The second kappa shape index (κ2) is 3.38. The lowest BCUT2D eigenvalue weighted by Gasteiger charge is -2.31. The van der Waals surface area contributed by atoms with Gasteiger partial charge < -0.3 is 12.9 Å². The number of rotatable bonds is 1. The van der Waals surface area contributed by atoms with Crippen molar-refractivity contribution in [3.8, 4) is 6.07 Å². The highest BCUT2D eigenvalue weighted by atomic mass is 19.4. The fraction of sp³-hybridized carbons (Fsp3) is 0.857. The third-order valence-corrected chi connectivity index (χ3v) is 2.49. The molecule has 1 fully saturated rings. The van der Waals surface area contributed by atoms with Crippen molar-refractivity contribution in [2.75, 3.05) is 0 Å². The molecule has 1 saturated carbocycles. The van der Waals surface area contributed by atoms with E-state index in [0.29, 0.717) is 12.8 Å². The molecule has 0 aromatic rings. The van der Waals surface area contributed by atoms with Gasteiger partial charge >= 0.3 is 6.98 Å². The van der Waals surface area contributed by atoms with Crippen LogP contribution in [0.15, 0.2) is 0 Å². The fourth-order valence-corrected chi connectivity index (χ4v) is 1.63. The number of hydrogen-bond acceptors (Lipinski definition) is 1. The Balaban J connectivity index is 2.42. The molecule has 5 heteroatoms. The number of nitrogens with zero attached hydrogens (tertiary/aromatic N) is 1. The van der Waals surface area contributed by atoms with Gasteiger partial charge in [-0.05, 0) is 12.8 Å². The minimum atomic E-state index is -4.66. The summed E-state index contributed by atoms with van der Waals surface area (Å²) in [7, 11) is 0. The molecule has 0 amide bonds. The van der Waals surface area contributed by atoms with Gasteiger partial charge in [-0.15, -0.1) is 0 Å². The second-order valence-corrected chi connectivity index (χ2v) is 3.37. The molecule has 0 N–H and O–H groups in total. The van der Waals surface area contributed by atoms with E-state index in [1.165, 1.54) is 0 Å². The van der Waals surface area contributed by atoms with Gasteiger partial charge in [0.25, 0.3) is 0 Å². The molecule has 1 aliphatic carbocycles. The van der Waals surface area contributed by atoms with Gasteiger partial charge in [0.05, 0.1) is 6.07 Å². The average molecular weight is 176 g/mol. The highest BCUT2D eigenvalue weighted by Crippen LogP contribution is 2.40. The first kappa shape index (κ1) is 9.43. The van der Waals surface area contributed by atoms with Crippen molar-refractivity contribution >= 4 is 6.98 Å². The summed E-state index contributed by atoms with van der Waals surface area (Å²) in [6.07, 6.45) is 1.15. The lowest BCUT2D eigenvalue weighted by atomic mass is 9.63. The zero-order valence-electron chi connectivity index (χ0n) is 6.64. The van der Waals surface area contributed by atoms with Crippen molar-refractivity contribution in [2.24, 2.45) is 5.92 Å². The summed E-state index contributed by atoms with van der Waals surface area (Å²) in [5.41, 5.74) is 0. The van der Waals surface area contributed by atoms with Crippen LogP contribution < -0.4 is 0 Å². The lowest BCUT2D eigenvalue weighted by molar-refractivity contribution is 0.346. The van der Waals surface area contributed by atoms with E-state index in [1.807, 2.05) is 6.07 Å². The monoisotopic (exact) mass is 176 g/mol. The first-order chi connectivity index (χ1) is 5.54. The summed E-state index contributed by atoms with van der Waals surface area (Å²) >= 11 is 0. The van der Waals surface area contributed by atoms with E-state index < -0.39 is 12.8 Å². The summed E-state index contributed by atoms with van der Waals surface area (Å²) in [5.74, 6) is -1.24. The van der Waals surface area contributed by atoms with Gasteiger partial charge in [-0.1, -0.05) is 18.7 Å². The molecular weight excluding hydrogens is 166 g/mol. The molecule has 0 aliphatic heterocycles. The van der Waals surface area contributed by atoms with Gasteiger partial charge in [-0.25, -0.2) is 0 Å². The van der Waals surface area contributed by atoms with Crippen molar-refractivity contribution in [1.82, 2.24) is 0 Å². The predicted molar refractivity (Wildman–Crippen MR) is 40.4 cm³/mol. The Morgan fingerprint density at radius 2 is 1.58 bits per heavy atom. The maximum Gasteiger partial charge on any atom is 0.481 e. The second-order valence-electron chi connectivity index (χ2n) is 3.37. The zero-order chi connectivity index (χ0) is 9.19. The number of nitriles is 1. The highest BCUT2D eigenvalue weighted by Gasteiger charge is 2.36. The Morgan fingerprint density at radius 1 is 1.08 bits per heavy atom. The molecule has 0 unspecified atom stereocenters. The van der Waals surface area contributed by atoms with Crippen LogP contribution in [0.2, 0.25) is 5.82 Å². The van der Waals surface area contributed by atoms with Gasteiger partial charge in [0.15, 0.2) is 0 Å². The van der Waals surface area contributed by atoms with E-state index in [9.17, 15) is 12.9 Å². The molecule has 1 aliphatic rings. The van der Waals surface area contributed by atoms with Crippen LogP contribution in [-0.2, 0) is 0 Å². The summed E-state index contributed by atoms with van der Waals surface area (Å²) in [6, 6.07) is 2.02. The van der Waals surface area contributed by atoms with E-state index in [2.05, 4.69) is 0 Å². The normalized spacial score (nSPS) is 31.2. The molecule has 0 atom stereocenters. The first-order valence-corrected chi connectivity index (χ1v) is 4.13. The Kier molecular flexibility index (Phi) is 2.66. The van der Waals surface area contributed by atoms with E-state index in [-0.39, 0.29) is 18.8 Å². The van der Waals surface area contributed by atoms with Crippen LogP contribution in [-0.4, -0.2) is 6.98 Å². The van der Waals surface area contributed by atoms with Crippen LogP contribution in [0, 0.1) is 17.2 Å². The Hall–Kier alpha value is -0.655. The summed E-state index contributed by atoms with van der Waals surface area (Å²) in [5, 5.41) is 8.45. The molecule has 0 spiro atoms. The van der Waals surface area contributed by atoms with Crippen LogP contribution in [0.4, 0.5) is 12.9 Å². The topological polar surface area (TPSA) is 23.8 Å². The lowest BCUT2D eigenvalue weighted by Crippen LogP contribution is -2.27. The van der Waals surface area contributed by atoms with Crippen molar-refractivity contribution in [3.63, 3.8) is 0 Å². The van der Waals surface area contributed by atoms with Crippen molar-refractivity contribution in [2.45, 2.75) is 31.5 Å². The molecular formula is C7H10BF3N-. The molecule has 12 heavy (non-hydrogen) atoms. The molecule has 0 aromatic carbocycles. The van der Waals surface area contributed by atoms with Gasteiger partial charge in [0.1, 0.15) is 0 Å². The minimum absolute atomic E-state index is 0.139. The minimum Gasteiger partial charge on any atom is -0.449 e. The zero-order valence-corrected chi connectivity index (χ0v) is 6.64. The largest absolute Gasteiger partial charge is 0.481 e. The summed E-state index contributed by atoms with van der Waals surface area (Å²) < 4.78 is 36.5. The predicted octanol–water partition coefficient (Wildman–Crippen LogP) is 2.92. The SMILES string of the molecule is N#CC1CCC([B-](F)(F)F)CC1. The Labute approximate surface area is 69.6 Å². The van der Waals surface area contributed by atoms with Crippen molar-refractivity contribution in [3.05, 3.63) is 0 Å². The number of hydrogen-bond donors (Lipinski definition) is 0. The van der Waals surface area contributed by atoms with Crippen LogP contribution in [0.3, 0.4) is 0 Å². The molecule has 0 bridgehead atoms. The van der Waals surface area contributed by atoms with Crippen molar-refractivity contribution in [1.29, 1.82) is 5.26 Å². The fourth-order valence-electron chi connectivity index (χ4n) is 1.63. The van der Waals surface area contributed by atoms with Gasteiger partial charge in [0, 0.05) is 5.92 Å². The average Bonchev–Trinajstić information content (AvgIpc) is 2.03. The highest BCUT2D eigenvalue weighted by molar-refractivity contribution is 6.60. The number of halogens is 3. The van der Waals surface area contributed by atoms with E-state index >= 15 is 0 Å². The molecule has 0 radical (unpaired) electrons. The molecule has 0 heterocycles. The quantitative estimate of drug-likeness (QED) is 0.563. The van der Waals surface area contributed by atoms with Gasteiger partial charge in [-0.3, -0.25) is 0 Å². The third-order valence-electron chi connectivity index (χ3n) is 2.49. The van der Waals surface area contributed by atoms with Crippen LogP contribution in [0.25, 0.3) is 0 Å². The maximum absolute atomic E-state index is 12.2. The van der Waals surface area contributed by atoms with Gasteiger partial charge in [-0.2, -0.15) is 5.26 Å². The Bertz CT molecular complexity index is 188. The smallest absolute Gasteiger partial charge is 0.449 e.